The van der Waals surface area contributed by atoms with Crippen molar-refractivity contribution in [3.05, 3.63) is 17.7 Å². The first kappa shape index (κ1) is 16.8. The molecule has 1 atom stereocenters. The predicted octanol–water partition coefficient (Wildman–Crippen LogP) is 1.19. The summed E-state index contributed by atoms with van der Waals surface area (Å²) in [4.78, 5) is 42.8. The molecule has 2 fully saturated rings. The third-order valence-corrected chi connectivity index (χ3v) is 6.45. The zero-order valence-corrected chi connectivity index (χ0v) is 15.6. The van der Waals surface area contributed by atoms with Gasteiger partial charge < -0.3 is 19.6 Å². The van der Waals surface area contributed by atoms with Crippen molar-refractivity contribution < 1.29 is 14.4 Å². The van der Waals surface area contributed by atoms with E-state index in [1.165, 1.54) is 0 Å². The van der Waals surface area contributed by atoms with Gasteiger partial charge in [-0.25, -0.2) is 4.98 Å². The molecule has 1 aliphatic carbocycles. The number of carbonyl (C=O) groups is 2. The quantitative estimate of drug-likeness (QED) is 0.845. The second-order valence-electron chi connectivity index (χ2n) is 8.23. The number of imidazole rings is 1. The number of hydrogen-bond acceptors (Lipinski definition) is 5. The van der Waals surface area contributed by atoms with Gasteiger partial charge in [0.25, 0.3) is 5.91 Å². The molecule has 0 bridgehead atoms. The summed E-state index contributed by atoms with van der Waals surface area (Å²) in [5.41, 5.74) is 2.62. The Kier molecular flexibility index (Phi) is 3.77. The van der Waals surface area contributed by atoms with Crippen molar-refractivity contribution in [1.29, 1.82) is 0 Å². The molecule has 4 heterocycles. The standard InChI is InChI=1S/C19H25N5O3/c1-12-10-15(27-22-12)18(26)23-8-5-19(6-9-23)16-14(20-11-21-16)4-7-24(19)17(25)13-2-3-13/h11,13,15H,2-10H2,1H3,(H,20,21)/t15-/m1/s1. The number of oxime groups is 1. The number of fused-ring (bicyclic) bond motifs is 2. The maximum Gasteiger partial charge on any atom is 0.266 e. The monoisotopic (exact) mass is 371 g/mol. The SMILES string of the molecule is CC1=NO[C@@H](C(=O)N2CCC3(CC2)c2nc[nH]c2CCN3C(=O)C2CC2)C1. The van der Waals surface area contributed by atoms with E-state index in [-0.39, 0.29) is 23.3 Å². The first-order chi connectivity index (χ1) is 13.1. The fourth-order valence-electron chi connectivity index (χ4n) is 4.79. The number of hydrogen-bond donors (Lipinski definition) is 1. The number of H-pyrrole nitrogens is 1. The highest BCUT2D eigenvalue weighted by atomic mass is 16.6. The van der Waals surface area contributed by atoms with E-state index in [4.69, 9.17) is 4.84 Å². The minimum Gasteiger partial charge on any atom is -0.382 e. The van der Waals surface area contributed by atoms with Crippen LogP contribution in [0.1, 0.15) is 50.4 Å². The van der Waals surface area contributed by atoms with Crippen LogP contribution in [0, 0.1) is 5.92 Å². The van der Waals surface area contributed by atoms with Crippen LogP contribution in [-0.2, 0) is 26.4 Å². The molecule has 1 aromatic rings. The molecular formula is C19H25N5O3. The molecule has 8 heteroatoms. The van der Waals surface area contributed by atoms with Crippen LogP contribution in [0.2, 0.25) is 0 Å². The summed E-state index contributed by atoms with van der Waals surface area (Å²) in [5, 5.41) is 3.90. The van der Waals surface area contributed by atoms with Crippen LogP contribution in [0.15, 0.2) is 11.5 Å². The normalized spacial score (nSPS) is 26.6. The summed E-state index contributed by atoms with van der Waals surface area (Å²) in [7, 11) is 0. The number of aromatic amines is 1. The van der Waals surface area contributed by atoms with Crippen LogP contribution in [0.5, 0.6) is 0 Å². The van der Waals surface area contributed by atoms with Gasteiger partial charge in [-0.3, -0.25) is 9.59 Å². The number of nitrogens with one attached hydrogen (secondary N) is 1. The molecule has 1 spiro atoms. The van der Waals surface area contributed by atoms with Crippen molar-refractivity contribution in [3.63, 3.8) is 0 Å². The Morgan fingerprint density at radius 2 is 2.00 bits per heavy atom. The van der Waals surface area contributed by atoms with Crippen molar-refractivity contribution >= 4 is 17.5 Å². The Morgan fingerprint density at radius 1 is 1.22 bits per heavy atom. The maximum atomic E-state index is 13.0. The lowest BCUT2D eigenvalue weighted by atomic mass is 9.78. The van der Waals surface area contributed by atoms with Crippen molar-refractivity contribution in [3.8, 4) is 0 Å². The number of carbonyl (C=O) groups excluding carboxylic acids is 2. The first-order valence-corrected chi connectivity index (χ1v) is 9.91. The molecule has 1 N–H and O–H groups in total. The van der Waals surface area contributed by atoms with Crippen LogP contribution in [0.4, 0.5) is 0 Å². The lowest BCUT2D eigenvalue weighted by Gasteiger charge is -2.50. The molecule has 3 aliphatic heterocycles. The van der Waals surface area contributed by atoms with Crippen molar-refractivity contribution in [2.24, 2.45) is 11.1 Å². The third kappa shape index (κ3) is 2.64. The Hall–Kier alpha value is -2.38. The van der Waals surface area contributed by atoms with E-state index < -0.39 is 6.10 Å². The third-order valence-electron chi connectivity index (χ3n) is 6.45. The minimum absolute atomic E-state index is 0.00331. The number of likely N-dealkylation sites (tertiary alicyclic amines) is 1. The molecule has 4 aliphatic rings. The minimum atomic E-state index is -0.490. The molecular weight excluding hydrogens is 346 g/mol. The summed E-state index contributed by atoms with van der Waals surface area (Å²) >= 11 is 0. The molecule has 1 saturated carbocycles. The average Bonchev–Trinajstić information content (AvgIpc) is 3.25. The average molecular weight is 371 g/mol. The van der Waals surface area contributed by atoms with Crippen LogP contribution in [0.25, 0.3) is 0 Å². The van der Waals surface area contributed by atoms with Gasteiger partial charge in [0, 0.05) is 44.1 Å². The highest BCUT2D eigenvalue weighted by molar-refractivity contribution is 5.91. The number of nitrogens with zero attached hydrogens (tertiary/aromatic N) is 4. The van der Waals surface area contributed by atoms with Gasteiger partial charge in [-0.2, -0.15) is 0 Å². The molecule has 144 valence electrons. The lowest BCUT2D eigenvalue weighted by Crippen LogP contribution is -2.59. The van der Waals surface area contributed by atoms with Crippen LogP contribution in [0.3, 0.4) is 0 Å². The smallest absolute Gasteiger partial charge is 0.266 e. The Bertz CT molecular complexity index is 804. The van der Waals surface area contributed by atoms with Gasteiger partial charge in [0.15, 0.2) is 0 Å². The van der Waals surface area contributed by atoms with E-state index in [0.717, 1.165) is 55.7 Å². The Balaban J connectivity index is 1.37. The summed E-state index contributed by atoms with van der Waals surface area (Å²) in [6.45, 7) is 3.83. The van der Waals surface area contributed by atoms with Crippen molar-refractivity contribution in [2.45, 2.75) is 57.1 Å². The van der Waals surface area contributed by atoms with Gasteiger partial charge in [0.1, 0.15) is 0 Å². The fraction of sp³-hybridized carbons (Fsp3) is 0.684. The topological polar surface area (TPSA) is 90.9 Å². The van der Waals surface area contributed by atoms with Gasteiger partial charge in [0.05, 0.1) is 23.3 Å². The number of aromatic nitrogens is 2. The Labute approximate surface area is 157 Å². The van der Waals surface area contributed by atoms with Crippen LogP contribution in [-0.4, -0.2) is 63.0 Å². The number of amides is 2. The van der Waals surface area contributed by atoms with E-state index in [1.807, 2.05) is 11.8 Å². The second-order valence-corrected chi connectivity index (χ2v) is 8.23. The number of piperidine rings is 1. The summed E-state index contributed by atoms with van der Waals surface area (Å²) in [6, 6.07) is 0. The molecule has 27 heavy (non-hydrogen) atoms. The number of rotatable bonds is 2. The molecule has 0 aromatic carbocycles. The first-order valence-electron chi connectivity index (χ1n) is 9.91. The maximum absolute atomic E-state index is 13.0. The molecule has 8 nitrogen and oxygen atoms in total. The van der Waals surface area contributed by atoms with Crippen molar-refractivity contribution in [1.82, 2.24) is 19.8 Å². The molecule has 1 saturated heterocycles. The highest BCUT2D eigenvalue weighted by Gasteiger charge is 2.51. The Morgan fingerprint density at radius 3 is 2.67 bits per heavy atom. The van der Waals surface area contributed by atoms with E-state index in [0.29, 0.717) is 19.5 Å². The fourth-order valence-corrected chi connectivity index (χ4v) is 4.79. The lowest BCUT2D eigenvalue weighted by molar-refractivity contribution is -0.149. The van der Waals surface area contributed by atoms with Crippen molar-refractivity contribution in [2.75, 3.05) is 19.6 Å². The predicted molar refractivity (Wildman–Crippen MR) is 96.8 cm³/mol. The summed E-state index contributed by atoms with van der Waals surface area (Å²) in [5.74, 6) is 0.462. The summed E-state index contributed by atoms with van der Waals surface area (Å²) < 4.78 is 0. The largest absolute Gasteiger partial charge is 0.382 e. The van der Waals surface area contributed by atoms with Gasteiger partial charge >= 0.3 is 0 Å². The zero-order valence-electron chi connectivity index (χ0n) is 15.6. The van der Waals surface area contributed by atoms with E-state index >= 15 is 0 Å². The van der Waals surface area contributed by atoms with Gasteiger partial charge in [-0.15, -0.1) is 0 Å². The van der Waals surface area contributed by atoms with Gasteiger partial charge in [0.2, 0.25) is 12.0 Å². The van der Waals surface area contributed by atoms with Gasteiger partial charge in [-0.1, -0.05) is 5.16 Å². The zero-order chi connectivity index (χ0) is 18.6. The van der Waals surface area contributed by atoms with Crippen LogP contribution < -0.4 is 0 Å². The van der Waals surface area contributed by atoms with E-state index in [2.05, 4.69) is 20.0 Å². The molecule has 0 unspecified atom stereocenters. The molecule has 5 rings (SSSR count). The summed E-state index contributed by atoms with van der Waals surface area (Å²) in [6.07, 6.45) is 6.09. The van der Waals surface area contributed by atoms with E-state index in [9.17, 15) is 9.59 Å². The van der Waals surface area contributed by atoms with E-state index in [1.54, 1.807) is 6.33 Å². The van der Waals surface area contributed by atoms with Crippen LogP contribution >= 0.6 is 0 Å². The molecule has 1 aromatic heterocycles. The van der Waals surface area contributed by atoms with Gasteiger partial charge in [-0.05, 0) is 32.6 Å². The molecule has 0 radical (unpaired) electrons. The highest BCUT2D eigenvalue weighted by Crippen LogP contribution is 2.45. The second kappa shape index (κ2) is 6.07. The molecule has 2 amide bonds.